The Morgan fingerprint density at radius 2 is 0.900 bits per heavy atom. The molecule has 0 saturated carbocycles. The summed E-state index contributed by atoms with van der Waals surface area (Å²) in [6, 6.07) is 15.8. The van der Waals surface area contributed by atoms with Crippen LogP contribution in [0.3, 0.4) is 0 Å². The fourth-order valence-corrected chi connectivity index (χ4v) is 3.57. The van der Waals surface area contributed by atoms with E-state index in [-0.39, 0.29) is 0 Å². The van der Waals surface area contributed by atoms with E-state index >= 15 is 0 Å². The summed E-state index contributed by atoms with van der Waals surface area (Å²) in [5.41, 5.74) is 3.84. The van der Waals surface area contributed by atoms with Crippen LogP contribution in [0.1, 0.15) is 73.1 Å². The molecule has 0 aliphatic carbocycles. The van der Waals surface area contributed by atoms with Crippen molar-refractivity contribution >= 4 is 23.9 Å². The minimum Gasteiger partial charge on any atom is -0.372 e. The van der Waals surface area contributed by atoms with Gasteiger partial charge in [0.25, 0.3) is 0 Å². The largest absolute Gasteiger partial charge is 0.372 e. The van der Waals surface area contributed by atoms with Crippen LogP contribution < -0.4 is 9.80 Å². The van der Waals surface area contributed by atoms with Gasteiger partial charge in [0.2, 0.25) is 0 Å². The summed E-state index contributed by atoms with van der Waals surface area (Å²) >= 11 is 0. The number of nitrogens with zero attached hydrogens (tertiary/aromatic N) is 2. The Morgan fingerprint density at radius 1 is 0.567 bits per heavy atom. The molecule has 2 aromatic rings. The highest BCUT2D eigenvalue weighted by Crippen LogP contribution is 2.19. The molecule has 0 aromatic heterocycles. The molecule has 0 radical (unpaired) electrons. The number of unbranched alkanes of at least 4 members (excludes halogenated alkanes) is 3. The number of anilines is 2. The summed E-state index contributed by atoms with van der Waals surface area (Å²) in [4.78, 5) is 26.7. The van der Waals surface area contributed by atoms with Crippen molar-refractivity contribution in [1.29, 1.82) is 0 Å². The average Bonchev–Trinajstić information content (AvgIpc) is 2.80. The summed E-state index contributed by atoms with van der Waals surface area (Å²) in [5, 5.41) is 0. The number of benzene rings is 2. The molecule has 0 unspecified atom stereocenters. The lowest BCUT2D eigenvalue weighted by atomic mass is 10.1. The van der Waals surface area contributed by atoms with Crippen LogP contribution in [0.4, 0.5) is 11.4 Å². The van der Waals surface area contributed by atoms with E-state index in [4.69, 9.17) is 0 Å². The molecule has 0 spiro atoms. The van der Waals surface area contributed by atoms with Crippen molar-refractivity contribution in [3.05, 3.63) is 59.7 Å². The molecule has 0 bridgehead atoms. The van der Waals surface area contributed by atoms with Crippen LogP contribution in [0, 0.1) is 0 Å². The Kier molecular flexibility index (Phi) is 10.7. The average molecular weight is 409 g/mol. The number of aldehydes is 2. The molecule has 4 nitrogen and oxygen atoms in total. The van der Waals surface area contributed by atoms with Gasteiger partial charge in [-0.25, -0.2) is 0 Å². The molecule has 2 rings (SSSR count). The van der Waals surface area contributed by atoms with Gasteiger partial charge < -0.3 is 9.80 Å². The summed E-state index contributed by atoms with van der Waals surface area (Å²) in [6.07, 6.45) is 8.71. The van der Waals surface area contributed by atoms with Gasteiger partial charge in [-0.3, -0.25) is 9.59 Å². The predicted molar refractivity (Wildman–Crippen MR) is 127 cm³/mol. The molecule has 0 aliphatic rings. The Labute approximate surface area is 181 Å². The first-order chi connectivity index (χ1) is 14.7. The van der Waals surface area contributed by atoms with Crippen molar-refractivity contribution in [1.82, 2.24) is 0 Å². The molecule has 30 heavy (non-hydrogen) atoms. The van der Waals surface area contributed by atoms with Gasteiger partial charge in [0, 0.05) is 48.7 Å². The summed E-state index contributed by atoms with van der Waals surface area (Å²) in [7, 11) is 0. The van der Waals surface area contributed by atoms with Gasteiger partial charge in [-0.15, -0.1) is 0 Å². The number of carbonyl (C=O) groups is 2. The first-order valence-electron chi connectivity index (χ1n) is 11.3. The van der Waals surface area contributed by atoms with Crippen molar-refractivity contribution in [2.45, 2.75) is 52.4 Å². The number of carbonyl (C=O) groups excluding carboxylic acids is 2. The summed E-state index contributed by atoms with van der Waals surface area (Å²) < 4.78 is 0. The SMILES string of the molecule is CCCCN(CCCCN(CCCC)c1ccc(C=O)cc1)c1ccc(C=O)cc1. The summed E-state index contributed by atoms with van der Waals surface area (Å²) in [6.45, 7) is 8.57. The highest BCUT2D eigenvalue weighted by Gasteiger charge is 2.09. The second-order valence-electron chi connectivity index (χ2n) is 7.81. The molecule has 0 atom stereocenters. The zero-order chi connectivity index (χ0) is 21.6. The van der Waals surface area contributed by atoms with Gasteiger partial charge in [-0.2, -0.15) is 0 Å². The van der Waals surface area contributed by atoms with Crippen LogP contribution in [-0.2, 0) is 0 Å². The molecular formula is C26H36N2O2. The maximum Gasteiger partial charge on any atom is 0.150 e. The molecule has 162 valence electrons. The van der Waals surface area contributed by atoms with E-state index < -0.39 is 0 Å². The number of rotatable bonds is 15. The summed E-state index contributed by atoms with van der Waals surface area (Å²) in [5.74, 6) is 0. The van der Waals surface area contributed by atoms with Crippen molar-refractivity contribution in [3.8, 4) is 0 Å². The van der Waals surface area contributed by atoms with Crippen LogP contribution >= 0.6 is 0 Å². The van der Waals surface area contributed by atoms with Crippen LogP contribution in [0.25, 0.3) is 0 Å². The Bertz CT molecular complexity index is 675. The lowest BCUT2D eigenvalue weighted by Crippen LogP contribution is -2.28. The standard InChI is InChI=1S/C26H36N2O2/c1-3-5-17-27(25-13-9-23(21-29)10-14-25)19-7-8-20-28(18-6-4-2)26-15-11-24(22-30)12-16-26/h9-16,21-22H,3-8,17-20H2,1-2H3. The highest BCUT2D eigenvalue weighted by atomic mass is 16.1. The third-order valence-corrected chi connectivity index (χ3v) is 5.46. The number of hydrogen-bond donors (Lipinski definition) is 0. The minimum absolute atomic E-state index is 0.723. The zero-order valence-electron chi connectivity index (χ0n) is 18.6. The van der Waals surface area contributed by atoms with Crippen molar-refractivity contribution in [2.75, 3.05) is 36.0 Å². The van der Waals surface area contributed by atoms with Crippen LogP contribution in [0.5, 0.6) is 0 Å². The van der Waals surface area contributed by atoms with Crippen molar-refractivity contribution in [2.24, 2.45) is 0 Å². The molecule has 0 saturated heterocycles. The van der Waals surface area contributed by atoms with Crippen LogP contribution in [-0.4, -0.2) is 38.8 Å². The monoisotopic (exact) mass is 408 g/mol. The molecule has 2 aromatic carbocycles. The van der Waals surface area contributed by atoms with E-state index in [2.05, 4.69) is 47.9 Å². The molecule has 0 aliphatic heterocycles. The van der Waals surface area contributed by atoms with Gasteiger partial charge in [0.05, 0.1) is 0 Å². The molecular weight excluding hydrogens is 372 g/mol. The fourth-order valence-electron chi connectivity index (χ4n) is 3.57. The third-order valence-electron chi connectivity index (χ3n) is 5.46. The van der Waals surface area contributed by atoms with Gasteiger partial charge in [0.1, 0.15) is 12.6 Å². The lowest BCUT2D eigenvalue weighted by Gasteiger charge is -2.27. The second kappa shape index (κ2) is 13.6. The Morgan fingerprint density at radius 3 is 1.20 bits per heavy atom. The second-order valence-corrected chi connectivity index (χ2v) is 7.81. The minimum atomic E-state index is 0.723. The Balaban J connectivity index is 1.93. The van der Waals surface area contributed by atoms with E-state index in [1.54, 1.807) is 0 Å². The quantitative estimate of drug-likeness (QED) is 0.267. The van der Waals surface area contributed by atoms with Crippen molar-refractivity contribution < 1.29 is 9.59 Å². The zero-order valence-corrected chi connectivity index (χ0v) is 18.6. The smallest absolute Gasteiger partial charge is 0.150 e. The molecule has 0 amide bonds. The lowest BCUT2D eigenvalue weighted by molar-refractivity contribution is 0.111. The van der Waals surface area contributed by atoms with Gasteiger partial charge in [-0.1, -0.05) is 26.7 Å². The van der Waals surface area contributed by atoms with Gasteiger partial charge in [0.15, 0.2) is 0 Å². The highest BCUT2D eigenvalue weighted by molar-refractivity contribution is 5.76. The Hall–Kier alpha value is -2.62. The molecule has 0 N–H and O–H groups in total. The van der Waals surface area contributed by atoms with E-state index in [0.29, 0.717) is 0 Å². The third kappa shape index (κ3) is 7.66. The number of hydrogen-bond acceptors (Lipinski definition) is 4. The van der Waals surface area contributed by atoms with Crippen LogP contribution in [0.15, 0.2) is 48.5 Å². The van der Waals surface area contributed by atoms with E-state index in [0.717, 1.165) is 62.7 Å². The molecule has 0 fully saturated rings. The van der Waals surface area contributed by atoms with E-state index in [1.165, 1.54) is 37.1 Å². The predicted octanol–water partition coefficient (Wildman–Crippen LogP) is 6.01. The van der Waals surface area contributed by atoms with Crippen LogP contribution in [0.2, 0.25) is 0 Å². The molecule has 4 heteroatoms. The topological polar surface area (TPSA) is 40.6 Å². The maximum atomic E-state index is 10.9. The molecule has 0 heterocycles. The van der Waals surface area contributed by atoms with E-state index in [1.807, 2.05) is 24.3 Å². The first kappa shape index (κ1) is 23.7. The van der Waals surface area contributed by atoms with Gasteiger partial charge in [-0.05, 0) is 74.2 Å². The van der Waals surface area contributed by atoms with E-state index in [9.17, 15) is 9.59 Å². The van der Waals surface area contributed by atoms with Crippen molar-refractivity contribution in [3.63, 3.8) is 0 Å². The van der Waals surface area contributed by atoms with Gasteiger partial charge >= 0.3 is 0 Å². The normalized spacial score (nSPS) is 10.6. The first-order valence-corrected chi connectivity index (χ1v) is 11.3. The fraction of sp³-hybridized carbons (Fsp3) is 0.462. The maximum absolute atomic E-state index is 10.9.